The highest BCUT2D eigenvalue weighted by Crippen LogP contribution is 2.45. The average molecular weight is 272 g/mol. The van der Waals surface area contributed by atoms with Crippen molar-refractivity contribution in [3.05, 3.63) is 35.9 Å². The molecule has 1 aromatic rings. The second-order valence-corrected chi connectivity index (χ2v) is 6.61. The van der Waals surface area contributed by atoms with E-state index in [2.05, 4.69) is 0 Å². The van der Waals surface area contributed by atoms with E-state index in [9.17, 15) is 4.57 Å². The van der Waals surface area contributed by atoms with E-state index in [1.165, 1.54) is 0 Å². The Labute approximate surface area is 108 Å². The van der Waals surface area contributed by atoms with E-state index in [-0.39, 0.29) is 6.35 Å². The maximum atomic E-state index is 11.9. The fourth-order valence-corrected chi connectivity index (χ4v) is 3.02. The monoisotopic (exact) mass is 272 g/mol. The van der Waals surface area contributed by atoms with Crippen LogP contribution in [0.5, 0.6) is 0 Å². The predicted octanol–water partition coefficient (Wildman–Crippen LogP) is 2.86. The zero-order valence-electron chi connectivity index (χ0n) is 10.7. The second kappa shape index (κ2) is 8.44. The Balaban J connectivity index is 2.17. The van der Waals surface area contributed by atoms with Crippen molar-refractivity contribution in [3.8, 4) is 0 Å². The number of hydrogen-bond acceptors (Lipinski definition) is 4. The van der Waals surface area contributed by atoms with Crippen molar-refractivity contribution in [2.75, 3.05) is 25.7 Å². The zero-order chi connectivity index (χ0) is 13.3. The minimum atomic E-state index is -2.84. The Kier molecular flexibility index (Phi) is 7.21. The second-order valence-electron chi connectivity index (χ2n) is 3.99. The highest BCUT2D eigenvalue weighted by atomic mass is 31.2. The lowest BCUT2D eigenvalue weighted by atomic mass is 10.2. The summed E-state index contributed by atoms with van der Waals surface area (Å²) in [5.41, 5.74) is 1.12. The molecule has 0 spiro atoms. The van der Waals surface area contributed by atoms with Crippen molar-refractivity contribution < 1.29 is 18.9 Å². The maximum absolute atomic E-state index is 11.9. The van der Waals surface area contributed by atoms with Gasteiger partial charge in [-0.3, -0.25) is 4.57 Å². The zero-order valence-corrected chi connectivity index (χ0v) is 11.6. The molecule has 18 heavy (non-hydrogen) atoms. The highest BCUT2D eigenvalue weighted by Gasteiger charge is 2.20. The van der Waals surface area contributed by atoms with Crippen LogP contribution >= 0.6 is 7.37 Å². The molecule has 0 amide bonds. The summed E-state index contributed by atoms with van der Waals surface area (Å²) in [6, 6.07) is 9.89. The predicted molar refractivity (Wildman–Crippen MR) is 71.9 cm³/mol. The molecule has 102 valence electrons. The molecule has 0 heterocycles. The normalized spacial score (nSPS) is 14.3. The van der Waals surface area contributed by atoms with Crippen LogP contribution in [0.2, 0.25) is 0 Å². The number of hydrogen-bond donors (Lipinski definition) is 1. The van der Waals surface area contributed by atoms with E-state index in [1.54, 1.807) is 6.92 Å². The lowest BCUT2D eigenvalue weighted by molar-refractivity contribution is 0.121. The van der Waals surface area contributed by atoms with Gasteiger partial charge in [-0.1, -0.05) is 30.3 Å². The van der Waals surface area contributed by atoms with Gasteiger partial charge in [0.1, 0.15) is 6.35 Å². The van der Waals surface area contributed by atoms with Gasteiger partial charge in [-0.05, 0) is 18.9 Å². The third kappa shape index (κ3) is 5.78. The largest absolute Gasteiger partial charge is 0.386 e. The highest BCUT2D eigenvalue weighted by molar-refractivity contribution is 7.58. The van der Waals surface area contributed by atoms with Gasteiger partial charge in [0.05, 0.1) is 13.2 Å². The van der Waals surface area contributed by atoms with Gasteiger partial charge in [0.2, 0.25) is 7.37 Å². The van der Waals surface area contributed by atoms with Crippen LogP contribution in [0.1, 0.15) is 18.9 Å². The van der Waals surface area contributed by atoms with Crippen molar-refractivity contribution >= 4 is 7.37 Å². The van der Waals surface area contributed by atoms with E-state index in [0.29, 0.717) is 32.4 Å². The van der Waals surface area contributed by atoms with E-state index in [1.807, 2.05) is 30.3 Å². The van der Waals surface area contributed by atoms with Gasteiger partial charge in [-0.25, -0.2) is 0 Å². The topological polar surface area (TPSA) is 55.8 Å². The van der Waals surface area contributed by atoms with E-state index >= 15 is 0 Å². The number of ether oxygens (including phenoxy) is 1. The SMILES string of the molecule is CCOP(=O)(CO)CCCOCc1ccccc1. The fourth-order valence-electron chi connectivity index (χ4n) is 1.58. The van der Waals surface area contributed by atoms with Gasteiger partial charge in [-0.15, -0.1) is 0 Å². The molecule has 1 atom stereocenters. The molecule has 0 radical (unpaired) electrons. The van der Waals surface area contributed by atoms with Gasteiger partial charge in [-0.2, -0.15) is 0 Å². The Morgan fingerprint density at radius 3 is 2.61 bits per heavy atom. The van der Waals surface area contributed by atoms with Crippen LogP contribution in [0, 0.1) is 0 Å². The molecule has 0 aliphatic rings. The average Bonchev–Trinajstić information content (AvgIpc) is 2.40. The molecule has 0 aromatic heterocycles. The van der Waals surface area contributed by atoms with E-state index in [0.717, 1.165) is 5.56 Å². The van der Waals surface area contributed by atoms with Gasteiger partial charge < -0.3 is 14.4 Å². The Morgan fingerprint density at radius 2 is 2.00 bits per heavy atom. The van der Waals surface area contributed by atoms with Crippen LogP contribution in [0.4, 0.5) is 0 Å². The summed E-state index contributed by atoms with van der Waals surface area (Å²) < 4.78 is 22.5. The summed E-state index contributed by atoms with van der Waals surface area (Å²) in [6.07, 6.45) is 0.607. The summed E-state index contributed by atoms with van der Waals surface area (Å²) in [4.78, 5) is 0. The minimum Gasteiger partial charge on any atom is -0.386 e. The first kappa shape index (κ1) is 15.4. The van der Waals surface area contributed by atoms with E-state index < -0.39 is 7.37 Å². The van der Waals surface area contributed by atoms with Crippen LogP contribution in [0.3, 0.4) is 0 Å². The molecule has 5 heteroatoms. The molecule has 1 aromatic carbocycles. The van der Waals surface area contributed by atoms with Crippen LogP contribution in [0.25, 0.3) is 0 Å². The lowest BCUT2D eigenvalue weighted by Gasteiger charge is -2.14. The number of aliphatic hydroxyl groups excluding tert-OH is 1. The maximum Gasteiger partial charge on any atom is 0.227 e. The van der Waals surface area contributed by atoms with Gasteiger partial charge in [0.25, 0.3) is 0 Å². The van der Waals surface area contributed by atoms with Gasteiger partial charge >= 0.3 is 0 Å². The Bertz CT molecular complexity index is 367. The lowest BCUT2D eigenvalue weighted by Crippen LogP contribution is -2.03. The van der Waals surface area contributed by atoms with Crippen molar-refractivity contribution in [1.82, 2.24) is 0 Å². The fraction of sp³-hybridized carbons (Fsp3) is 0.538. The van der Waals surface area contributed by atoms with Crippen molar-refractivity contribution in [2.45, 2.75) is 20.0 Å². The molecule has 1 N–H and O–H groups in total. The summed E-state index contributed by atoms with van der Waals surface area (Å²) in [5, 5.41) is 9.02. The molecular weight excluding hydrogens is 251 g/mol. The number of rotatable bonds is 9. The van der Waals surface area contributed by atoms with Crippen LogP contribution in [-0.4, -0.2) is 30.8 Å². The number of aliphatic hydroxyl groups is 1. The Morgan fingerprint density at radius 1 is 1.28 bits per heavy atom. The van der Waals surface area contributed by atoms with Gasteiger partial charge in [0.15, 0.2) is 0 Å². The first-order chi connectivity index (χ1) is 8.70. The summed E-state index contributed by atoms with van der Waals surface area (Å²) in [5.74, 6) is 0. The third-order valence-electron chi connectivity index (χ3n) is 2.48. The smallest absolute Gasteiger partial charge is 0.227 e. The minimum absolute atomic E-state index is 0.364. The summed E-state index contributed by atoms with van der Waals surface area (Å²) in [6.45, 7) is 3.21. The van der Waals surface area contributed by atoms with Gasteiger partial charge in [0, 0.05) is 12.8 Å². The molecule has 0 aliphatic heterocycles. The molecule has 0 saturated carbocycles. The molecule has 0 aliphatic carbocycles. The first-order valence-corrected chi connectivity index (χ1v) is 8.15. The molecule has 1 rings (SSSR count). The van der Waals surface area contributed by atoms with Crippen LogP contribution < -0.4 is 0 Å². The standard InChI is InChI=1S/C13H21O4P/c1-2-17-18(15,12-14)10-6-9-16-11-13-7-4-3-5-8-13/h3-5,7-8,14H,2,6,9-12H2,1H3. The summed E-state index contributed by atoms with van der Waals surface area (Å²) in [7, 11) is -2.84. The summed E-state index contributed by atoms with van der Waals surface area (Å²) >= 11 is 0. The quantitative estimate of drug-likeness (QED) is 0.554. The number of benzene rings is 1. The molecule has 4 nitrogen and oxygen atoms in total. The van der Waals surface area contributed by atoms with Crippen LogP contribution in [-0.2, 0) is 20.4 Å². The molecular formula is C13H21O4P. The van der Waals surface area contributed by atoms with E-state index in [4.69, 9.17) is 14.4 Å². The first-order valence-electron chi connectivity index (χ1n) is 6.15. The van der Waals surface area contributed by atoms with Crippen molar-refractivity contribution in [2.24, 2.45) is 0 Å². The van der Waals surface area contributed by atoms with Crippen LogP contribution in [0.15, 0.2) is 30.3 Å². The molecule has 0 bridgehead atoms. The third-order valence-corrected chi connectivity index (χ3v) is 4.64. The van der Waals surface area contributed by atoms with Crippen molar-refractivity contribution in [3.63, 3.8) is 0 Å². The molecule has 0 saturated heterocycles. The van der Waals surface area contributed by atoms with Crippen molar-refractivity contribution in [1.29, 1.82) is 0 Å². The Hall–Kier alpha value is -0.670. The molecule has 0 fully saturated rings. The molecule has 1 unspecified atom stereocenters.